The molecule has 0 aliphatic carbocycles. The lowest BCUT2D eigenvalue weighted by atomic mass is 10.0. The topological polar surface area (TPSA) is 41.1 Å². The molecular formula is C18H19N3O. The van der Waals surface area contributed by atoms with E-state index in [0.717, 1.165) is 38.5 Å². The molecule has 1 N–H and O–H groups in total. The first kappa shape index (κ1) is 13.5. The summed E-state index contributed by atoms with van der Waals surface area (Å²) in [5, 5.41) is 1.17. The van der Waals surface area contributed by atoms with Crippen molar-refractivity contribution < 1.29 is 4.74 Å². The number of pyridine rings is 1. The van der Waals surface area contributed by atoms with Crippen molar-refractivity contribution in [1.82, 2.24) is 14.9 Å². The highest BCUT2D eigenvalue weighted by atomic mass is 16.5. The van der Waals surface area contributed by atoms with Gasteiger partial charge in [-0.05, 0) is 34.9 Å². The van der Waals surface area contributed by atoms with Gasteiger partial charge < -0.3 is 9.72 Å². The van der Waals surface area contributed by atoms with E-state index in [1.807, 2.05) is 12.4 Å². The molecule has 2 aromatic heterocycles. The molecule has 4 nitrogen and oxygen atoms in total. The number of hydrogen-bond acceptors (Lipinski definition) is 3. The Morgan fingerprint density at radius 1 is 1.14 bits per heavy atom. The average Bonchev–Trinajstić information content (AvgIpc) is 3.04. The Labute approximate surface area is 129 Å². The Hall–Kier alpha value is -2.17. The number of rotatable bonds is 3. The Balaban J connectivity index is 1.65. The molecule has 3 aromatic rings. The summed E-state index contributed by atoms with van der Waals surface area (Å²) in [6.07, 6.45) is 3.81. The van der Waals surface area contributed by atoms with Crippen molar-refractivity contribution in [2.45, 2.75) is 6.54 Å². The molecule has 112 valence electrons. The Kier molecular flexibility index (Phi) is 3.62. The van der Waals surface area contributed by atoms with Crippen LogP contribution in [-0.4, -0.2) is 41.2 Å². The van der Waals surface area contributed by atoms with Crippen molar-refractivity contribution in [3.63, 3.8) is 0 Å². The van der Waals surface area contributed by atoms with Crippen LogP contribution in [0.2, 0.25) is 0 Å². The largest absolute Gasteiger partial charge is 0.379 e. The number of benzene rings is 1. The molecule has 0 amide bonds. The van der Waals surface area contributed by atoms with Gasteiger partial charge in [-0.15, -0.1) is 0 Å². The standard InChI is InChI=1S/C18H19N3O/c1-2-14(13-21-8-10-22-11-9-21)12-15(3-1)16-4-6-19-18-17(16)5-7-20-18/h1-7,12H,8-11,13H2,(H,19,20). The zero-order chi connectivity index (χ0) is 14.8. The summed E-state index contributed by atoms with van der Waals surface area (Å²) in [5.74, 6) is 0. The van der Waals surface area contributed by atoms with Crippen LogP contribution in [0.5, 0.6) is 0 Å². The van der Waals surface area contributed by atoms with Crippen LogP contribution in [0.1, 0.15) is 5.56 Å². The molecule has 1 aliphatic rings. The molecule has 0 unspecified atom stereocenters. The van der Waals surface area contributed by atoms with E-state index in [9.17, 15) is 0 Å². The third-order valence-electron chi connectivity index (χ3n) is 4.21. The van der Waals surface area contributed by atoms with Crippen molar-refractivity contribution in [1.29, 1.82) is 0 Å². The van der Waals surface area contributed by atoms with E-state index < -0.39 is 0 Å². The van der Waals surface area contributed by atoms with Crippen molar-refractivity contribution in [3.05, 3.63) is 54.4 Å². The van der Waals surface area contributed by atoms with Gasteiger partial charge in [-0.2, -0.15) is 0 Å². The van der Waals surface area contributed by atoms with Gasteiger partial charge in [-0.3, -0.25) is 4.90 Å². The number of aromatic amines is 1. The third kappa shape index (κ3) is 2.63. The molecule has 4 heteroatoms. The molecule has 0 saturated carbocycles. The van der Waals surface area contributed by atoms with Crippen molar-refractivity contribution in [2.24, 2.45) is 0 Å². The predicted octanol–water partition coefficient (Wildman–Crippen LogP) is 3.06. The van der Waals surface area contributed by atoms with E-state index >= 15 is 0 Å². The van der Waals surface area contributed by atoms with E-state index in [0.29, 0.717) is 0 Å². The Bertz CT molecular complexity index is 775. The first-order valence-corrected chi connectivity index (χ1v) is 7.72. The van der Waals surface area contributed by atoms with Gasteiger partial charge in [0.2, 0.25) is 0 Å². The quantitative estimate of drug-likeness (QED) is 0.807. The molecule has 0 atom stereocenters. The summed E-state index contributed by atoms with van der Waals surface area (Å²) in [4.78, 5) is 9.99. The van der Waals surface area contributed by atoms with Gasteiger partial charge in [0.25, 0.3) is 0 Å². The number of hydrogen-bond donors (Lipinski definition) is 1. The summed E-state index contributed by atoms with van der Waals surface area (Å²) < 4.78 is 5.42. The van der Waals surface area contributed by atoms with Gasteiger partial charge in [-0.25, -0.2) is 4.98 Å². The van der Waals surface area contributed by atoms with Crippen LogP contribution in [0.25, 0.3) is 22.2 Å². The summed E-state index contributed by atoms with van der Waals surface area (Å²) >= 11 is 0. The molecule has 1 aliphatic heterocycles. The molecule has 0 radical (unpaired) electrons. The van der Waals surface area contributed by atoms with Crippen molar-refractivity contribution >= 4 is 11.0 Å². The third-order valence-corrected chi connectivity index (χ3v) is 4.21. The maximum absolute atomic E-state index is 5.42. The maximum atomic E-state index is 5.42. The smallest absolute Gasteiger partial charge is 0.137 e. The minimum Gasteiger partial charge on any atom is -0.379 e. The number of nitrogens with zero attached hydrogens (tertiary/aromatic N) is 2. The Morgan fingerprint density at radius 3 is 2.95 bits per heavy atom. The number of fused-ring (bicyclic) bond motifs is 1. The first-order chi connectivity index (χ1) is 10.9. The monoisotopic (exact) mass is 293 g/mol. The molecule has 22 heavy (non-hydrogen) atoms. The van der Waals surface area contributed by atoms with Crippen molar-refractivity contribution in [2.75, 3.05) is 26.3 Å². The molecular weight excluding hydrogens is 274 g/mol. The van der Waals surface area contributed by atoms with Crippen LogP contribution in [0.3, 0.4) is 0 Å². The lowest BCUT2D eigenvalue weighted by Crippen LogP contribution is -2.35. The zero-order valence-electron chi connectivity index (χ0n) is 12.5. The van der Waals surface area contributed by atoms with E-state index in [1.54, 1.807) is 0 Å². The van der Waals surface area contributed by atoms with Crippen molar-refractivity contribution in [3.8, 4) is 11.1 Å². The van der Waals surface area contributed by atoms with Crippen LogP contribution >= 0.6 is 0 Å². The van der Waals surface area contributed by atoms with Gasteiger partial charge in [0.15, 0.2) is 0 Å². The summed E-state index contributed by atoms with van der Waals surface area (Å²) in [6.45, 7) is 4.70. The second-order valence-corrected chi connectivity index (χ2v) is 5.69. The summed E-state index contributed by atoms with van der Waals surface area (Å²) in [5.41, 5.74) is 4.77. The number of ether oxygens (including phenoxy) is 1. The van der Waals surface area contributed by atoms with Gasteiger partial charge in [0.05, 0.1) is 13.2 Å². The molecule has 1 aromatic carbocycles. The molecule has 0 bridgehead atoms. The highest BCUT2D eigenvalue weighted by Crippen LogP contribution is 2.27. The number of H-pyrrole nitrogens is 1. The van der Waals surface area contributed by atoms with Crippen LogP contribution in [0.15, 0.2) is 48.8 Å². The molecule has 3 heterocycles. The molecule has 1 saturated heterocycles. The SMILES string of the molecule is c1cc(CN2CCOCC2)cc(-c2ccnc3[nH]ccc23)c1. The Morgan fingerprint density at radius 2 is 2.05 bits per heavy atom. The number of nitrogens with one attached hydrogen (secondary N) is 1. The second-order valence-electron chi connectivity index (χ2n) is 5.69. The zero-order valence-corrected chi connectivity index (χ0v) is 12.5. The lowest BCUT2D eigenvalue weighted by molar-refractivity contribution is 0.0342. The predicted molar refractivity (Wildman–Crippen MR) is 87.6 cm³/mol. The van der Waals surface area contributed by atoms with Crippen LogP contribution in [0, 0.1) is 0 Å². The minimum absolute atomic E-state index is 0.841. The highest BCUT2D eigenvalue weighted by molar-refractivity contribution is 5.92. The number of morpholine rings is 1. The van der Waals surface area contributed by atoms with Gasteiger partial charge in [-0.1, -0.05) is 18.2 Å². The van der Waals surface area contributed by atoms with E-state index in [2.05, 4.69) is 51.3 Å². The first-order valence-electron chi connectivity index (χ1n) is 7.72. The minimum atomic E-state index is 0.841. The lowest BCUT2D eigenvalue weighted by Gasteiger charge is -2.26. The van der Waals surface area contributed by atoms with Crippen LogP contribution in [0.4, 0.5) is 0 Å². The fourth-order valence-electron chi connectivity index (χ4n) is 3.07. The van der Waals surface area contributed by atoms with Gasteiger partial charge in [0.1, 0.15) is 5.65 Å². The van der Waals surface area contributed by atoms with E-state index in [4.69, 9.17) is 4.74 Å². The van der Waals surface area contributed by atoms with Gasteiger partial charge >= 0.3 is 0 Å². The summed E-state index contributed by atoms with van der Waals surface area (Å²) in [7, 11) is 0. The maximum Gasteiger partial charge on any atom is 0.137 e. The van der Waals surface area contributed by atoms with Crippen LogP contribution in [-0.2, 0) is 11.3 Å². The van der Waals surface area contributed by atoms with Gasteiger partial charge in [0, 0.05) is 37.4 Å². The second kappa shape index (κ2) is 5.91. The van der Waals surface area contributed by atoms with Crippen LogP contribution < -0.4 is 0 Å². The molecule has 4 rings (SSSR count). The molecule has 0 spiro atoms. The normalized spacial score (nSPS) is 16.2. The fourth-order valence-corrected chi connectivity index (χ4v) is 3.07. The highest BCUT2D eigenvalue weighted by Gasteiger charge is 2.11. The summed E-state index contributed by atoms with van der Waals surface area (Å²) in [6, 6.07) is 13.0. The molecule has 1 fully saturated rings. The van der Waals surface area contributed by atoms with E-state index in [1.165, 1.54) is 22.1 Å². The average molecular weight is 293 g/mol. The fraction of sp³-hybridized carbons (Fsp3) is 0.278. The number of aromatic nitrogens is 2. The van der Waals surface area contributed by atoms with E-state index in [-0.39, 0.29) is 0 Å².